The molecule has 0 saturated heterocycles. The van der Waals surface area contributed by atoms with E-state index in [2.05, 4.69) is 20.9 Å². The molecule has 2 rings (SSSR count). The topological polar surface area (TPSA) is 22.1 Å². The van der Waals surface area contributed by atoms with Crippen LogP contribution in [0.15, 0.2) is 36.7 Å². The van der Waals surface area contributed by atoms with Crippen LogP contribution in [-0.2, 0) is 6.42 Å². The molecule has 0 radical (unpaired) electrons. The quantitative estimate of drug-likeness (QED) is 0.759. The Kier molecular flexibility index (Phi) is 4.77. The van der Waals surface area contributed by atoms with Crippen molar-refractivity contribution in [3.63, 3.8) is 0 Å². The zero-order valence-electron chi connectivity index (χ0n) is 10.2. The Hall–Kier alpha value is -1.13. The summed E-state index contributed by atoms with van der Waals surface area (Å²) in [5.41, 5.74) is 1.92. The van der Waals surface area contributed by atoms with Gasteiger partial charge in [0.2, 0.25) is 0 Å². The number of methoxy groups -OCH3 is 1. The van der Waals surface area contributed by atoms with Crippen LogP contribution in [0.5, 0.6) is 5.75 Å². The first-order valence-corrected chi connectivity index (χ1v) is 6.97. The smallest absolute Gasteiger partial charge is 0.165 e. The fourth-order valence-electron chi connectivity index (χ4n) is 1.75. The molecule has 2 nitrogen and oxygen atoms in total. The maximum atomic E-state index is 13.4. The predicted octanol–water partition coefficient (Wildman–Crippen LogP) is 4.56. The molecule has 0 saturated carbocycles. The van der Waals surface area contributed by atoms with Gasteiger partial charge in [-0.1, -0.05) is 33.6 Å². The molecule has 1 heterocycles. The van der Waals surface area contributed by atoms with Gasteiger partial charge in [-0.2, -0.15) is 0 Å². The highest BCUT2D eigenvalue weighted by molar-refractivity contribution is 9.09. The van der Waals surface area contributed by atoms with Crippen molar-refractivity contribution >= 4 is 27.5 Å². The van der Waals surface area contributed by atoms with Crippen molar-refractivity contribution in [2.45, 2.75) is 11.2 Å². The van der Waals surface area contributed by atoms with E-state index in [1.54, 1.807) is 24.5 Å². The monoisotopic (exact) mass is 343 g/mol. The summed E-state index contributed by atoms with van der Waals surface area (Å²) in [5, 5.41) is 0.626. The van der Waals surface area contributed by atoms with Gasteiger partial charge in [0, 0.05) is 17.2 Å². The van der Waals surface area contributed by atoms with Crippen LogP contribution in [0.4, 0.5) is 4.39 Å². The average Bonchev–Trinajstić information content (AvgIpc) is 2.42. The van der Waals surface area contributed by atoms with Gasteiger partial charge in [-0.25, -0.2) is 4.39 Å². The zero-order valence-corrected chi connectivity index (χ0v) is 12.6. The van der Waals surface area contributed by atoms with Gasteiger partial charge in [0.25, 0.3) is 0 Å². The van der Waals surface area contributed by atoms with Gasteiger partial charge < -0.3 is 4.74 Å². The minimum Gasteiger partial charge on any atom is -0.494 e. The molecule has 0 spiro atoms. The minimum absolute atomic E-state index is 0.0295. The normalized spacial score (nSPS) is 12.2. The number of ether oxygens (including phenoxy) is 1. The Morgan fingerprint density at radius 2 is 2.21 bits per heavy atom. The van der Waals surface area contributed by atoms with E-state index in [0.717, 1.165) is 11.1 Å². The number of aromatic nitrogens is 1. The predicted molar refractivity (Wildman–Crippen MR) is 77.6 cm³/mol. The summed E-state index contributed by atoms with van der Waals surface area (Å²) in [7, 11) is 1.45. The number of hydrogen-bond acceptors (Lipinski definition) is 2. The molecule has 0 N–H and O–H groups in total. The lowest BCUT2D eigenvalue weighted by Crippen LogP contribution is -1.98. The summed E-state index contributed by atoms with van der Waals surface area (Å²) < 4.78 is 18.3. The average molecular weight is 345 g/mol. The van der Waals surface area contributed by atoms with E-state index in [1.165, 1.54) is 13.2 Å². The third kappa shape index (κ3) is 3.45. The number of halogens is 3. The van der Waals surface area contributed by atoms with Crippen molar-refractivity contribution in [3.05, 3.63) is 58.6 Å². The Bertz CT molecular complexity index is 579. The molecule has 1 aromatic heterocycles. The Morgan fingerprint density at radius 1 is 1.42 bits per heavy atom. The number of alkyl halides is 1. The highest BCUT2D eigenvalue weighted by atomic mass is 79.9. The lowest BCUT2D eigenvalue weighted by Gasteiger charge is -2.13. The second-order valence-corrected chi connectivity index (χ2v) is 5.55. The second kappa shape index (κ2) is 6.35. The van der Waals surface area contributed by atoms with Crippen molar-refractivity contribution in [1.82, 2.24) is 4.98 Å². The van der Waals surface area contributed by atoms with Crippen LogP contribution >= 0.6 is 27.5 Å². The van der Waals surface area contributed by atoms with E-state index in [9.17, 15) is 4.39 Å². The van der Waals surface area contributed by atoms with Crippen LogP contribution in [-0.4, -0.2) is 12.1 Å². The maximum Gasteiger partial charge on any atom is 0.165 e. The van der Waals surface area contributed by atoms with Crippen molar-refractivity contribution in [3.8, 4) is 5.75 Å². The molecule has 0 aliphatic rings. The van der Waals surface area contributed by atoms with Crippen LogP contribution in [0, 0.1) is 5.82 Å². The molecule has 1 aromatic carbocycles. The molecule has 0 bridgehead atoms. The van der Waals surface area contributed by atoms with Crippen molar-refractivity contribution in [1.29, 1.82) is 0 Å². The van der Waals surface area contributed by atoms with E-state index < -0.39 is 0 Å². The van der Waals surface area contributed by atoms with E-state index >= 15 is 0 Å². The Labute approximate surface area is 124 Å². The maximum absolute atomic E-state index is 13.4. The number of nitrogens with zero attached hydrogens (tertiary/aromatic N) is 1. The van der Waals surface area contributed by atoms with Crippen molar-refractivity contribution in [2.24, 2.45) is 0 Å². The molecular weight excluding hydrogens is 333 g/mol. The summed E-state index contributed by atoms with van der Waals surface area (Å²) >= 11 is 9.66. The second-order valence-electron chi connectivity index (χ2n) is 4.03. The molecule has 0 amide bonds. The van der Waals surface area contributed by atoms with Crippen LogP contribution in [0.25, 0.3) is 0 Å². The van der Waals surface area contributed by atoms with E-state index in [0.29, 0.717) is 11.4 Å². The molecule has 0 aliphatic heterocycles. The Morgan fingerprint density at radius 3 is 2.89 bits per heavy atom. The third-order valence-corrected chi connectivity index (χ3v) is 3.99. The van der Waals surface area contributed by atoms with E-state index in [-0.39, 0.29) is 16.4 Å². The highest BCUT2D eigenvalue weighted by Gasteiger charge is 2.13. The van der Waals surface area contributed by atoms with Crippen LogP contribution in [0.2, 0.25) is 5.02 Å². The standard InChI is InChI=1S/C14H12BrClFNO/c1-19-14-7-9(2-3-13(14)17)11(15)6-10-4-5-18-8-12(10)16/h2-5,7-8,11H,6H2,1H3. The summed E-state index contributed by atoms with van der Waals surface area (Å²) in [6, 6.07) is 6.68. The van der Waals surface area contributed by atoms with Crippen LogP contribution in [0.1, 0.15) is 16.0 Å². The van der Waals surface area contributed by atoms with Crippen LogP contribution < -0.4 is 4.74 Å². The molecule has 19 heavy (non-hydrogen) atoms. The molecule has 1 unspecified atom stereocenters. The largest absolute Gasteiger partial charge is 0.494 e. The van der Waals surface area contributed by atoms with Crippen molar-refractivity contribution in [2.75, 3.05) is 7.11 Å². The van der Waals surface area contributed by atoms with Gasteiger partial charge in [-0.05, 0) is 35.7 Å². The first kappa shape index (κ1) is 14.3. The van der Waals surface area contributed by atoms with Gasteiger partial charge in [0.05, 0.1) is 12.1 Å². The first-order chi connectivity index (χ1) is 9.11. The summed E-state index contributed by atoms with van der Waals surface area (Å²) in [5.74, 6) is -0.129. The lowest BCUT2D eigenvalue weighted by molar-refractivity contribution is 0.386. The summed E-state index contributed by atoms with van der Waals surface area (Å²) in [6.07, 6.45) is 4.00. The molecule has 1 atom stereocenters. The molecular formula is C14H12BrClFNO. The molecule has 2 aromatic rings. The third-order valence-electron chi connectivity index (χ3n) is 2.79. The minimum atomic E-state index is -0.368. The van der Waals surface area contributed by atoms with E-state index in [1.807, 2.05) is 6.07 Å². The Balaban J connectivity index is 2.20. The fourth-order valence-corrected chi connectivity index (χ4v) is 2.58. The number of pyridine rings is 1. The number of benzene rings is 1. The number of rotatable bonds is 4. The lowest BCUT2D eigenvalue weighted by atomic mass is 10.0. The molecule has 0 aliphatic carbocycles. The zero-order chi connectivity index (χ0) is 13.8. The SMILES string of the molecule is COc1cc(C(Br)Cc2ccncc2Cl)ccc1F. The number of hydrogen-bond donors (Lipinski definition) is 0. The van der Waals surface area contributed by atoms with Crippen molar-refractivity contribution < 1.29 is 9.13 Å². The van der Waals surface area contributed by atoms with Gasteiger partial charge in [0.15, 0.2) is 11.6 Å². The van der Waals surface area contributed by atoms with Gasteiger partial charge >= 0.3 is 0 Å². The fraction of sp³-hybridized carbons (Fsp3) is 0.214. The summed E-state index contributed by atoms with van der Waals surface area (Å²) in [4.78, 5) is 3.98. The van der Waals surface area contributed by atoms with Gasteiger partial charge in [-0.3, -0.25) is 4.98 Å². The van der Waals surface area contributed by atoms with Gasteiger partial charge in [0.1, 0.15) is 0 Å². The molecule has 5 heteroatoms. The molecule has 100 valence electrons. The highest BCUT2D eigenvalue weighted by Crippen LogP contribution is 2.32. The van der Waals surface area contributed by atoms with Crippen LogP contribution in [0.3, 0.4) is 0 Å². The molecule has 0 fully saturated rings. The first-order valence-electron chi connectivity index (χ1n) is 5.67. The van der Waals surface area contributed by atoms with E-state index in [4.69, 9.17) is 16.3 Å². The summed E-state index contributed by atoms with van der Waals surface area (Å²) in [6.45, 7) is 0. The van der Waals surface area contributed by atoms with Gasteiger partial charge in [-0.15, -0.1) is 0 Å².